The summed E-state index contributed by atoms with van der Waals surface area (Å²) in [6.45, 7) is 3.50. The van der Waals surface area contributed by atoms with E-state index in [0.29, 0.717) is 24.6 Å². The third kappa shape index (κ3) is 4.74. The number of hydrogen-bond acceptors (Lipinski definition) is 4. The van der Waals surface area contributed by atoms with Crippen LogP contribution in [0.15, 0.2) is 18.2 Å². The summed E-state index contributed by atoms with van der Waals surface area (Å²) in [5.41, 5.74) is -2.11. The van der Waals surface area contributed by atoms with Crippen molar-refractivity contribution in [3.8, 4) is 0 Å². The highest BCUT2D eigenvalue weighted by molar-refractivity contribution is 5.59. The van der Waals surface area contributed by atoms with E-state index in [-0.39, 0.29) is 12.0 Å². The first-order valence-electron chi connectivity index (χ1n) is 7.24. The molecular formula is C15H14F6N4. The van der Waals surface area contributed by atoms with Crippen molar-refractivity contribution in [2.24, 2.45) is 0 Å². The van der Waals surface area contributed by atoms with Crippen molar-refractivity contribution in [1.29, 1.82) is 0 Å². The van der Waals surface area contributed by atoms with Gasteiger partial charge >= 0.3 is 6.18 Å². The topological polar surface area (TPSA) is 49.8 Å². The van der Waals surface area contributed by atoms with E-state index < -0.39 is 40.8 Å². The number of nitrogens with zero attached hydrogens (tertiary/aromatic N) is 2. The van der Waals surface area contributed by atoms with E-state index in [1.54, 1.807) is 13.8 Å². The number of rotatable bonds is 5. The number of halogens is 6. The van der Waals surface area contributed by atoms with Crippen LogP contribution < -0.4 is 10.6 Å². The van der Waals surface area contributed by atoms with Gasteiger partial charge in [-0.2, -0.15) is 18.2 Å². The van der Waals surface area contributed by atoms with Crippen LogP contribution in [0.25, 0.3) is 0 Å². The molecule has 0 bridgehead atoms. The van der Waals surface area contributed by atoms with Gasteiger partial charge in [-0.25, -0.2) is 18.2 Å². The van der Waals surface area contributed by atoms with Crippen molar-refractivity contribution in [1.82, 2.24) is 9.97 Å². The molecule has 0 radical (unpaired) electrons. The van der Waals surface area contributed by atoms with Crippen molar-refractivity contribution < 1.29 is 26.3 Å². The van der Waals surface area contributed by atoms with E-state index in [9.17, 15) is 26.3 Å². The average Bonchev–Trinajstić information content (AvgIpc) is 2.49. The molecule has 1 aromatic heterocycles. The van der Waals surface area contributed by atoms with Gasteiger partial charge in [-0.15, -0.1) is 0 Å². The average molecular weight is 364 g/mol. The minimum Gasteiger partial charge on any atom is -0.352 e. The Morgan fingerprint density at radius 1 is 1.04 bits per heavy atom. The smallest absolute Gasteiger partial charge is 0.352 e. The first-order valence-corrected chi connectivity index (χ1v) is 7.24. The lowest BCUT2D eigenvalue weighted by Crippen LogP contribution is -2.19. The molecule has 1 atom stereocenters. The number of nitrogens with one attached hydrogen (secondary N) is 2. The summed E-state index contributed by atoms with van der Waals surface area (Å²) >= 11 is 0. The molecule has 0 saturated carbocycles. The Morgan fingerprint density at radius 3 is 2.16 bits per heavy atom. The fourth-order valence-corrected chi connectivity index (χ4v) is 1.83. The lowest BCUT2D eigenvalue weighted by atomic mass is 10.2. The lowest BCUT2D eigenvalue weighted by molar-refractivity contribution is -0.141. The largest absolute Gasteiger partial charge is 0.433 e. The molecule has 1 heterocycles. The lowest BCUT2D eigenvalue weighted by Gasteiger charge is -2.16. The van der Waals surface area contributed by atoms with E-state index in [1.807, 2.05) is 0 Å². The van der Waals surface area contributed by atoms with Crippen molar-refractivity contribution in [2.75, 3.05) is 10.6 Å². The van der Waals surface area contributed by atoms with Gasteiger partial charge in [-0.05, 0) is 13.3 Å². The molecular weight excluding hydrogens is 350 g/mol. The Kier molecular flexibility index (Phi) is 5.39. The second-order valence-electron chi connectivity index (χ2n) is 5.28. The summed E-state index contributed by atoms with van der Waals surface area (Å²) in [5, 5.41) is 4.76. The molecule has 0 spiro atoms. The SMILES string of the molecule is CC[C@H](C)Nc1nc(Nc2c(F)cc(F)cc2F)cc(C(F)(F)F)n1. The zero-order valence-electron chi connectivity index (χ0n) is 13.2. The molecule has 25 heavy (non-hydrogen) atoms. The van der Waals surface area contributed by atoms with Crippen molar-refractivity contribution in [3.05, 3.63) is 41.3 Å². The van der Waals surface area contributed by atoms with Gasteiger partial charge in [0.25, 0.3) is 0 Å². The molecule has 1 aromatic carbocycles. The van der Waals surface area contributed by atoms with Crippen LogP contribution in [0, 0.1) is 17.5 Å². The Balaban J connectivity index is 2.44. The summed E-state index contributed by atoms with van der Waals surface area (Å²) < 4.78 is 79.2. The molecule has 0 aliphatic heterocycles. The van der Waals surface area contributed by atoms with Crippen LogP contribution in [0.3, 0.4) is 0 Å². The summed E-state index contributed by atoms with van der Waals surface area (Å²) in [4.78, 5) is 7.13. The Labute approximate surface area is 139 Å². The predicted molar refractivity (Wildman–Crippen MR) is 80.0 cm³/mol. The Hall–Kier alpha value is -2.52. The maximum absolute atomic E-state index is 13.7. The van der Waals surface area contributed by atoms with Crippen molar-refractivity contribution >= 4 is 17.5 Å². The number of anilines is 3. The highest BCUT2D eigenvalue weighted by Gasteiger charge is 2.34. The third-order valence-corrected chi connectivity index (χ3v) is 3.26. The standard InChI is InChI=1S/C15H14F6N4/c1-3-7(2)22-14-23-11(15(19,20)21)6-12(25-14)24-13-9(17)4-8(16)5-10(13)18/h4-7H,3H2,1-2H3,(H2,22,23,24,25)/t7-/m0/s1. The molecule has 2 N–H and O–H groups in total. The number of aromatic nitrogens is 2. The first kappa shape index (κ1) is 18.8. The normalized spacial score (nSPS) is 12.8. The zero-order valence-corrected chi connectivity index (χ0v) is 13.2. The molecule has 0 aliphatic carbocycles. The van der Waals surface area contributed by atoms with Gasteiger partial charge in [-0.1, -0.05) is 6.92 Å². The Morgan fingerprint density at radius 2 is 1.64 bits per heavy atom. The minimum absolute atomic E-state index is 0.226. The fraction of sp³-hybridized carbons (Fsp3) is 0.333. The maximum atomic E-state index is 13.7. The highest BCUT2D eigenvalue weighted by Crippen LogP contribution is 2.31. The van der Waals surface area contributed by atoms with E-state index in [4.69, 9.17) is 0 Å². The molecule has 2 aromatic rings. The van der Waals surface area contributed by atoms with Crippen LogP contribution in [0.1, 0.15) is 26.0 Å². The van der Waals surface area contributed by atoms with E-state index >= 15 is 0 Å². The maximum Gasteiger partial charge on any atom is 0.433 e. The van der Waals surface area contributed by atoms with Crippen molar-refractivity contribution in [2.45, 2.75) is 32.5 Å². The van der Waals surface area contributed by atoms with Crippen LogP contribution in [0.4, 0.5) is 43.8 Å². The summed E-state index contributed by atoms with van der Waals surface area (Å²) in [5.74, 6) is -4.60. The molecule has 136 valence electrons. The highest BCUT2D eigenvalue weighted by atomic mass is 19.4. The van der Waals surface area contributed by atoms with E-state index in [0.717, 1.165) is 0 Å². The second-order valence-corrected chi connectivity index (χ2v) is 5.28. The van der Waals surface area contributed by atoms with Gasteiger partial charge in [0.2, 0.25) is 5.95 Å². The van der Waals surface area contributed by atoms with Gasteiger partial charge in [-0.3, -0.25) is 0 Å². The van der Waals surface area contributed by atoms with Crippen LogP contribution >= 0.6 is 0 Å². The number of alkyl halides is 3. The minimum atomic E-state index is -4.79. The molecule has 0 aliphatic rings. The van der Waals surface area contributed by atoms with Gasteiger partial charge in [0, 0.05) is 24.2 Å². The summed E-state index contributed by atoms with van der Waals surface area (Å²) in [7, 11) is 0. The zero-order chi connectivity index (χ0) is 18.8. The second kappa shape index (κ2) is 7.16. The van der Waals surface area contributed by atoms with Gasteiger partial charge < -0.3 is 10.6 Å². The van der Waals surface area contributed by atoms with Crippen LogP contribution in [0.2, 0.25) is 0 Å². The quantitative estimate of drug-likeness (QED) is 0.744. The molecule has 0 unspecified atom stereocenters. The van der Waals surface area contributed by atoms with E-state index in [1.165, 1.54) is 0 Å². The van der Waals surface area contributed by atoms with E-state index in [2.05, 4.69) is 20.6 Å². The number of hydrogen-bond donors (Lipinski definition) is 2. The molecule has 0 fully saturated rings. The molecule has 0 amide bonds. The Bertz CT molecular complexity index is 739. The third-order valence-electron chi connectivity index (χ3n) is 3.26. The van der Waals surface area contributed by atoms with Crippen LogP contribution in [-0.2, 0) is 6.18 Å². The summed E-state index contributed by atoms with van der Waals surface area (Å²) in [6.07, 6.45) is -4.20. The van der Waals surface area contributed by atoms with Crippen LogP contribution in [0.5, 0.6) is 0 Å². The summed E-state index contributed by atoms with van der Waals surface area (Å²) in [6, 6.07) is 1.07. The fourth-order valence-electron chi connectivity index (χ4n) is 1.83. The molecule has 4 nitrogen and oxygen atoms in total. The molecule has 2 rings (SSSR count). The predicted octanol–water partition coefficient (Wildman–Crippen LogP) is 4.87. The number of benzene rings is 1. The molecule has 10 heteroatoms. The first-order chi connectivity index (χ1) is 11.6. The monoisotopic (exact) mass is 364 g/mol. The van der Waals surface area contributed by atoms with Gasteiger partial charge in [0.1, 0.15) is 17.3 Å². The van der Waals surface area contributed by atoms with Crippen molar-refractivity contribution in [3.63, 3.8) is 0 Å². The van der Waals surface area contributed by atoms with Crippen LogP contribution in [-0.4, -0.2) is 16.0 Å². The molecule has 0 saturated heterocycles. The van der Waals surface area contributed by atoms with Gasteiger partial charge in [0.05, 0.1) is 0 Å². The van der Waals surface area contributed by atoms with Gasteiger partial charge in [0.15, 0.2) is 17.3 Å².